The number of fused-ring (bicyclic) bond motifs is 3. The van der Waals surface area contributed by atoms with E-state index < -0.39 is 22.3 Å². The number of ether oxygens (including phenoxy) is 1. The number of benzene rings is 2. The second-order valence-corrected chi connectivity index (χ2v) is 11.5. The summed E-state index contributed by atoms with van der Waals surface area (Å²) in [6.07, 6.45) is 1.20. The molecule has 38 heavy (non-hydrogen) atoms. The van der Waals surface area contributed by atoms with E-state index in [1.54, 1.807) is 0 Å². The maximum atomic E-state index is 14.4. The molecular formula is C30H28N6O2. The van der Waals surface area contributed by atoms with Crippen LogP contribution in [0.3, 0.4) is 0 Å². The Hall–Kier alpha value is -3.98. The summed E-state index contributed by atoms with van der Waals surface area (Å²) < 4.78 is 6.48. The van der Waals surface area contributed by atoms with Gasteiger partial charge in [-0.05, 0) is 56.6 Å². The van der Waals surface area contributed by atoms with Gasteiger partial charge in [0.15, 0.2) is 5.41 Å². The van der Waals surface area contributed by atoms with Crippen LogP contribution < -0.4 is 5.73 Å². The molecule has 8 heteroatoms. The zero-order valence-electron chi connectivity index (χ0n) is 21.5. The van der Waals surface area contributed by atoms with Crippen LogP contribution in [0.1, 0.15) is 28.8 Å². The maximum Gasteiger partial charge on any atom is 0.216 e. The minimum atomic E-state index is -1.62. The Kier molecular flexibility index (Phi) is 4.46. The molecule has 0 saturated carbocycles. The van der Waals surface area contributed by atoms with Crippen LogP contribution in [-0.2, 0) is 10.3 Å². The minimum Gasteiger partial charge on any atom is -0.457 e. The zero-order chi connectivity index (χ0) is 26.6. The molecule has 2 aromatic carbocycles. The molecule has 3 N–H and O–H groups in total. The SMILES string of the molecule is CN1CCC2(CC1)C1=C3C(=C(N)C2(C#N)C#N)C(=N)O[C@@]2(C(=O)c4cccc5cccc2c45)[C@H]3CN(C)C1. The summed E-state index contributed by atoms with van der Waals surface area (Å²) in [7, 11) is 4.05. The van der Waals surface area contributed by atoms with Gasteiger partial charge in [0.25, 0.3) is 0 Å². The number of hydrogen-bond acceptors (Lipinski definition) is 8. The molecule has 5 aliphatic rings. The van der Waals surface area contributed by atoms with Crippen molar-refractivity contribution in [2.75, 3.05) is 40.3 Å². The van der Waals surface area contributed by atoms with Crippen LogP contribution in [0.25, 0.3) is 10.8 Å². The molecule has 2 saturated heterocycles. The number of nitrogens with one attached hydrogen (secondary N) is 1. The molecule has 7 rings (SSSR count). The lowest BCUT2D eigenvalue weighted by atomic mass is 9.48. The molecule has 0 unspecified atom stereocenters. The van der Waals surface area contributed by atoms with Crippen molar-refractivity contribution < 1.29 is 9.53 Å². The van der Waals surface area contributed by atoms with E-state index in [0.29, 0.717) is 37.1 Å². The van der Waals surface area contributed by atoms with E-state index in [-0.39, 0.29) is 17.4 Å². The van der Waals surface area contributed by atoms with Crippen molar-refractivity contribution in [3.05, 3.63) is 69.9 Å². The predicted octanol–water partition coefficient (Wildman–Crippen LogP) is 3.07. The fourth-order valence-electron chi connectivity index (χ4n) is 8.09. The number of allylic oxidation sites excluding steroid dienone is 1. The van der Waals surface area contributed by atoms with E-state index in [0.717, 1.165) is 40.6 Å². The van der Waals surface area contributed by atoms with E-state index >= 15 is 0 Å². The van der Waals surface area contributed by atoms with Gasteiger partial charge in [-0.15, -0.1) is 0 Å². The van der Waals surface area contributed by atoms with Gasteiger partial charge in [-0.2, -0.15) is 10.5 Å². The van der Waals surface area contributed by atoms with Crippen molar-refractivity contribution in [1.82, 2.24) is 9.80 Å². The first-order chi connectivity index (χ1) is 18.3. The highest BCUT2D eigenvalue weighted by Crippen LogP contribution is 2.65. The van der Waals surface area contributed by atoms with Crippen molar-refractivity contribution in [2.24, 2.45) is 22.5 Å². The number of rotatable bonds is 0. The number of nitrogens with two attached hydrogens (primary N) is 1. The Balaban J connectivity index is 1.57. The van der Waals surface area contributed by atoms with E-state index in [2.05, 4.69) is 21.9 Å². The third-order valence-corrected chi connectivity index (χ3v) is 9.88. The number of carbonyl (C=O) groups excluding carboxylic acids is 1. The first-order valence-electron chi connectivity index (χ1n) is 13.0. The lowest BCUT2D eigenvalue weighted by Crippen LogP contribution is -2.62. The van der Waals surface area contributed by atoms with Gasteiger partial charge in [-0.25, -0.2) is 0 Å². The van der Waals surface area contributed by atoms with E-state index in [1.165, 1.54) is 0 Å². The van der Waals surface area contributed by atoms with Gasteiger partial charge in [0.2, 0.25) is 17.3 Å². The number of hydrogen-bond donors (Lipinski definition) is 2. The smallest absolute Gasteiger partial charge is 0.216 e. The number of nitriles is 2. The summed E-state index contributed by atoms with van der Waals surface area (Å²) in [6, 6.07) is 16.2. The number of nitrogens with zero attached hydrogens (tertiary/aromatic N) is 4. The first kappa shape index (κ1) is 23.2. The average Bonchev–Trinajstić information content (AvgIpc) is 3.15. The van der Waals surface area contributed by atoms with Crippen molar-refractivity contribution in [1.29, 1.82) is 15.9 Å². The van der Waals surface area contributed by atoms with Crippen LogP contribution in [0.4, 0.5) is 0 Å². The van der Waals surface area contributed by atoms with Crippen LogP contribution in [0, 0.1) is 44.8 Å². The van der Waals surface area contributed by atoms with Crippen LogP contribution >= 0.6 is 0 Å². The standard InChI is InChI=1S/C30H28N6O2/c1-35-11-9-28(10-12-35)20-13-36(2)14-21-23(20)24(25(33)29(28,15-31)16-32)27(34)38-30(21)19-8-4-6-17-5-3-7-18(22(17)19)26(30)37/h3-8,21,34H,9-14,33H2,1-2H3/t21-,30+/m0/s1. The van der Waals surface area contributed by atoms with Crippen molar-refractivity contribution in [3.63, 3.8) is 0 Å². The fourth-order valence-corrected chi connectivity index (χ4v) is 8.09. The van der Waals surface area contributed by atoms with Crippen molar-refractivity contribution >= 4 is 22.5 Å². The Morgan fingerprint density at radius 1 is 1.08 bits per heavy atom. The van der Waals surface area contributed by atoms with Gasteiger partial charge in [0.05, 0.1) is 23.4 Å². The minimum absolute atomic E-state index is 0.0985. The molecule has 190 valence electrons. The Morgan fingerprint density at radius 3 is 2.45 bits per heavy atom. The highest BCUT2D eigenvalue weighted by atomic mass is 16.5. The summed E-state index contributed by atoms with van der Waals surface area (Å²) in [5.74, 6) is -0.809. The quantitative estimate of drug-likeness (QED) is 0.564. The highest BCUT2D eigenvalue weighted by Gasteiger charge is 2.68. The molecule has 3 aliphatic heterocycles. The van der Waals surface area contributed by atoms with Gasteiger partial charge < -0.3 is 20.3 Å². The van der Waals surface area contributed by atoms with Crippen molar-refractivity contribution in [2.45, 2.75) is 18.4 Å². The third-order valence-electron chi connectivity index (χ3n) is 9.88. The molecule has 3 heterocycles. The van der Waals surface area contributed by atoms with Gasteiger partial charge in [-0.3, -0.25) is 10.2 Å². The number of Topliss-reactive ketones (excluding diaryl/α,β-unsaturated/α-hetero) is 1. The largest absolute Gasteiger partial charge is 0.457 e. The molecule has 0 aromatic heterocycles. The molecule has 0 amide bonds. The van der Waals surface area contributed by atoms with Gasteiger partial charge >= 0.3 is 0 Å². The highest BCUT2D eigenvalue weighted by molar-refractivity contribution is 6.21. The topological polar surface area (TPSA) is 130 Å². The number of likely N-dealkylation sites (tertiary alicyclic amines) is 1. The zero-order valence-corrected chi connectivity index (χ0v) is 21.5. The second-order valence-electron chi connectivity index (χ2n) is 11.5. The third kappa shape index (κ3) is 2.37. The molecule has 2 atom stereocenters. The first-order valence-corrected chi connectivity index (χ1v) is 13.0. The van der Waals surface area contributed by atoms with Crippen LogP contribution in [0.5, 0.6) is 0 Å². The van der Waals surface area contributed by atoms with Crippen LogP contribution in [0.2, 0.25) is 0 Å². The summed E-state index contributed by atoms with van der Waals surface area (Å²) >= 11 is 0. The molecule has 2 spiro atoms. The lowest BCUT2D eigenvalue weighted by Gasteiger charge is -2.58. The lowest BCUT2D eigenvalue weighted by molar-refractivity contribution is -0.00848. The summed E-state index contributed by atoms with van der Waals surface area (Å²) in [4.78, 5) is 18.8. The van der Waals surface area contributed by atoms with E-state index in [1.807, 2.05) is 50.5 Å². The number of carbonyl (C=O) groups is 1. The van der Waals surface area contributed by atoms with Crippen molar-refractivity contribution in [3.8, 4) is 12.1 Å². The summed E-state index contributed by atoms with van der Waals surface area (Å²) in [6.45, 7) is 2.52. The van der Waals surface area contributed by atoms with E-state index in [4.69, 9.17) is 15.9 Å². The molecular weight excluding hydrogens is 476 g/mol. The average molecular weight is 505 g/mol. The Labute approximate surface area is 221 Å². The molecule has 0 radical (unpaired) electrons. The predicted molar refractivity (Wildman–Crippen MR) is 141 cm³/mol. The summed E-state index contributed by atoms with van der Waals surface area (Å²) in [5, 5.41) is 32.2. The van der Waals surface area contributed by atoms with E-state index in [9.17, 15) is 15.3 Å². The van der Waals surface area contributed by atoms with Crippen LogP contribution in [0.15, 0.2) is 58.8 Å². The molecule has 2 aliphatic carbocycles. The molecule has 2 aromatic rings. The number of likely N-dealkylation sites (N-methyl/N-ethyl adjacent to an activating group) is 1. The normalized spacial score (nSPS) is 29.4. The molecule has 8 nitrogen and oxygen atoms in total. The van der Waals surface area contributed by atoms with Gasteiger partial charge in [0.1, 0.15) is 0 Å². The summed E-state index contributed by atoms with van der Waals surface area (Å²) in [5.41, 5.74) is 6.63. The Morgan fingerprint density at radius 2 is 1.76 bits per heavy atom. The number of piperidine rings is 1. The van der Waals surface area contributed by atoms with Crippen LogP contribution in [-0.4, -0.2) is 61.8 Å². The number of ketones is 1. The Bertz CT molecular complexity index is 1610. The van der Waals surface area contributed by atoms with Gasteiger partial charge in [-0.1, -0.05) is 36.4 Å². The molecule has 2 fully saturated rings. The monoisotopic (exact) mass is 504 g/mol. The maximum absolute atomic E-state index is 14.4. The molecule has 0 bridgehead atoms. The van der Waals surface area contributed by atoms with Gasteiger partial charge in [0, 0.05) is 40.9 Å². The second kappa shape index (κ2) is 7.32. The fraction of sp³-hybridized carbons (Fsp3) is 0.400.